The standard InChI is InChI=1S/C13H18N2O2/c1-10-9-12(6-7-13(10)15(16)17)14-8-2-3-11-4-5-11/h6-7,9,11,14H,2-5,8H2,1H3. The van der Waals surface area contributed by atoms with E-state index in [0.29, 0.717) is 5.56 Å². The third-order valence-electron chi connectivity index (χ3n) is 3.21. The fraction of sp³-hybridized carbons (Fsp3) is 0.538. The largest absolute Gasteiger partial charge is 0.385 e. The van der Waals surface area contributed by atoms with Crippen LogP contribution in [0.4, 0.5) is 11.4 Å². The number of hydrogen-bond donors (Lipinski definition) is 1. The molecule has 0 bridgehead atoms. The summed E-state index contributed by atoms with van der Waals surface area (Å²) in [5.41, 5.74) is 1.87. The second-order valence-corrected chi connectivity index (χ2v) is 4.77. The summed E-state index contributed by atoms with van der Waals surface area (Å²) in [7, 11) is 0. The number of nitro benzene ring substituents is 1. The lowest BCUT2D eigenvalue weighted by molar-refractivity contribution is -0.385. The molecule has 1 aromatic rings. The van der Waals surface area contributed by atoms with Gasteiger partial charge in [0.1, 0.15) is 0 Å². The molecular formula is C13H18N2O2. The molecule has 0 atom stereocenters. The zero-order valence-corrected chi connectivity index (χ0v) is 10.1. The van der Waals surface area contributed by atoms with Crippen molar-refractivity contribution in [3.05, 3.63) is 33.9 Å². The van der Waals surface area contributed by atoms with Crippen molar-refractivity contribution >= 4 is 11.4 Å². The lowest BCUT2D eigenvalue weighted by Crippen LogP contribution is -2.02. The molecule has 0 saturated heterocycles. The number of nitrogens with zero attached hydrogens (tertiary/aromatic N) is 1. The third kappa shape index (κ3) is 3.44. The van der Waals surface area contributed by atoms with E-state index in [1.807, 2.05) is 6.07 Å². The molecule has 0 heterocycles. The third-order valence-corrected chi connectivity index (χ3v) is 3.21. The molecule has 0 amide bonds. The number of aryl methyl sites for hydroxylation is 1. The first-order chi connectivity index (χ1) is 8.16. The van der Waals surface area contributed by atoms with E-state index in [-0.39, 0.29) is 10.6 Å². The number of rotatable bonds is 6. The molecule has 2 rings (SSSR count). The first-order valence-electron chi connectivity index (χ1n) is 6.16. The molecule has 1 aliphatic rings. The predicted octanol–water partition coefficient (Wildman–Crippen LogP) is 3.51. The van der Waals surface area contributed by atoms with Crippen LogP contribution in [-0.4, -0.2) is 11.5 Å². The van der Waals surface area contributed by atoms with Gasteiger partial charge in [0.25, 0.3) is 5.69 Å². The van der Waals surface area contributed by atoms with E-state index in [2.05, 4.69) is 5.32 Å². The van der Waals surface area contributed by atoms with Crippen LogP contribution in [0.1, 0.15) is 31.2 Å². The minimum atomic E-state index is -0.341. The second kappa shape index (κ2) is 5.17. The number of nitrogens with one attached hydrogen (secondary N) is 1. The first-order valence-corrected chi connectivity index (χ1v) is 6.16. The molecule has 0 aliphatic heterocycles. The Hall–Kier alpha value is -1.58. The summed E-state index contributed by atoms with van der Waals surface area (Å²) in [6.07, 6.45) is 5.28. The van der Waals surface area contributed by atoms with Crippen LogP contribution in [0.15, 0.2) is 18.2 Å². The van der Waals surface area contributed by atoms with Crippen LogP contribution in [0, 0.1) is 23.0 Å². The highest BCUT2D eigenvalue weighted by Gasteiger charge is 2.19. The van der Waals surface area contributed by atoms with Crippen LogP contribution in [-0.2, 0) is 0 Å². The van der Waals surface area contributed by atoms with Gasteiger partial charge >= 0.3 is 0 Å². The number of nitro groups is 1. The average Bonchev–Trinajstić information content (AvgIpc) is 3.08. The summed E-state index contributed by atoms with van der Waals surface area (Å²) >= 11 is 0. The number of hydrogen-bond acceptors (Lipinski definition) is 3. The van der Waals surface area contributed by atoms with Crippen molar-refractivity contribution in [3.63, 3.8) is 0 Å². The van der Waals surface area contributed by atoms with Gasteiger partial charge in [-0.15, -0.1) is 0 Å². The van der Waals surface area contributed by atoms with Crippen LogP contribution in [0.5, 0.6) is 0 Å². The predicted molar refractivity (Wildman–Crippen MR) is 68.3 cm³/mol. The summed E-state index contributed by atoms with van der Waals surface area (Å²) in [5.74, 6) is 0.968. The molecule has 0 radical (unpaired) electrons. The van der Waals surface area contributed by atoms with E-state index in [4.69, 9.17) is 0 Å². The average molecular weight is 234 g/mol. The monoisotopic (exact) mass is 234 g/mol. The van der Waals surface area contributed by atoms with E-state index < -0.39 is 0 Å². The molecule has 0 spiro atoms. The van der Waals surface area contributed by atoms with Crippen molar-refractivity contribution in [1.29, 1.82) is 0 Å². The molecule has 0 unspecified atom stereocenters. The fourth-order valence-corrected chi connectivity index (χ4v) is 2.00. The van der Waals surface area contributed by atoms with Gasteiger partial charge in [0, 0.05) is 23.9 Å². The molecular weight excluding hydrogens is 216 g/mol. The molecule has 4 heteroatoms. The van der Waals surface area contributed by atoms with Gasteiger partial charge in [-0.2, -0.15) is 0 Å². The number of benzene rings is 1. The molecule has 1 aromatic carbocycles. The second-order valence-electron chi connectivity index (χ2n) is 4.77. The van der Waals surface area contributed by atoms with Crippen molar-refractivity contribution in [1.82, 2.24) is 0 Å². The van der Waals surface area contributed by atoms with E-state index >= 15 is 0 Å². The minimum absolute atomic E-state index is 0.188. The van der Waals surface area contributed by atoms with Crippen molar-refractivity contribution in [3.8, 4) is 0 Å². The van der Waals surface area contributed by atoms with Gasteiger partial charge in [0.05, 0.1) is 4.92 Å². The molecule has 1 saturated carbocycles. The summed E-state index contributed by atoms with van der Waals surface area (Å²) in [6.45, 7) is 2.72. The highest BCUT2D eigenvalue weighted by atomic mass is 16.6. The Morgan fingerprint density at radius 3 is 2.82 bits per heavy atom. The Kier molecular flexibility index (Phi) is 3.61. The Bertz CT molecular complexity index is 414. The van der Waals surface area contributed by atoms with Gasteiger partial charge in [-0.3, -0.25) is 10.1 Å². The van der Waals surface area contributed by atoms with Gasteiger partial charge in [-0.25, -0.2) is 0 Å². The number of anilines is 1. The lowest BCUT2D eigenvalue weighted by atomic mass is 10.1. The zero-order chi connectivity index (χ0) is 12.3. The maximum absolute atomic E-state index is 10.7. The van der Waals surface area contributed by atoms with Gasteiger partial charge < -0.3 is 5.32 Å². The SMILES string of the molecule is Cc1cc(NCCCC2CC2)ccc1[N+](=O)[O-]. The van der Waals surface area contributed by atoms with Crippen LogP contribution >= 0.6 is 0 Å². The van der Waals surface area contributed by atoms with Crippen LogP contribution in [0.2, 0.25) is 0 Å². The quantitative estimate of drug-likeness (QED) is 0.465. The first kappa shape index (κ1) is 11.9. The van der Waals surface area contributed by atoms with Gasteiger partial charge in [0.15, 0.2) is 0 Å². The van der Waals surface area contributed by atoms with E-state index in [9.17, 15) is 10.1 Å². The van der Waals surface area contributed by atoms with Gasteiger partial charge in [-0.1, -0.05) is 12.8 Å². The molecule has 1 aliphatic carbocycles. The van der Waals surface area contributed by atoms with E-state index in [1.54, 1.807) is 19.1 Å². The fourth-order valence-electron chi connectivity index (χ4n) is 2.00. The Morgan fingerprint density at radius 1 is 1.47 bits per heavy atom. The zero-order valence-electron chi connectivity index (χ0n) is 10.1. The van der Waals surface area contributed by atoms with Crippen molar-refractivity contribution in [2.24, 2.45) is 5.92 Å². The molecule has 0 aromatic heterocycles. The van der Waals surface area contributed by atoms with E-state index in [1.165, 1.54) is 25.7 Å². The Balaban J connectivity index is 1.83. The smallest absolute Gasteiger partial charge is 0.272 e. The topological polar surface area (TPSA) is 55.2 Å². The Labute approximate surface area is 101 Å². The van der Waals surface area contributed by atoms with Gasteiger partial charge in [0.2, 0.25) is 0 Å². The summed E-state index contributed by atoms with van der Waals surface area (Å²) in [4.78, 5) is 10.3. The normalized spacial score (nSPS) is 14.6. The van der Waals surface area contributed by atoms with Crippen molar-refractivity contribution < 1.29 is 4.92 Å². The van der Waals surface area contributed by atoms with E-state index in [0.717, 1.165) is 18.2 Å². The lowest BCUT2D eigenvalue weighted by Gasteiger charge is -2.07. The van der Waals surface area contributed by atoms with Crippen LogP contribution < -0.4 is 5.32 Å². The van der Waals surface area contributed by atoms with Crippen molar-refractivity contribution in [2.75, 3.05) is 11.9 Å². The molecule has 1 N–H and O–H groups in total. The van der Waals surface area contributed by atoms with Crippen molar-refractivity contribution in [2.45, 2.75) is 32.6 Å². The van der Waals surface area contributed by atoms with Gasteiger partial charge in [-0.05, 0) is 37.8 Å². The Morgan fingerprint density at radius 2 is 2.24 bits per heavy atom. The molecule has 17 heavy (non-hydrogen) atoms. The summed E-state index contributed by atoms with van der Waals surface area (Å²) in [5, 5.41) is 14.0. The summed E-state index contributed by atoms with van der Waals surface area (Å²) < 4.78 is 0. The maximum atomic E-state index is 10.7. The molecule has 1 fully saturated rings. The van der Waals surface area contributed by atoms with Crippen LogP contribution in [0.25, 0.3) is 0 Å². The molecule has 92 valence electrons. The van der Waals surface area contributed by atoms with Crippen LogP contribution in [0.3, 0.4) is 0 Å². The highest BCUT2D eigenvalue weighted by Crippen LogP contribution is 2.33. The highest BCUT2D eigenvalue weighted by molar-refractivity contribution is 5.53. The minimum Gasteiger partial charge on any atom is -0.385 e. The molecule has 4 nitrogen and oxygen atoms in total. The summed E-state index contributed by atoms with van der Waals surface area (Å²) in [6, 6.07) is 5.19. The maximum Gasteiger partial charge on any atom is 0.272 e.